The fraction of sp³-hybridized carbons (Fsp3) is 0.729. The quantitative estimate of drug-likeness (QED) is 0.0163. The molecule has 0 aromatic carbocycles. The highest BCUT2D eigenvalue weighted by Gasteiger charge is 2.41. The van der Waals surface area contributed by atoms with Gasteiger partial charge in [0.15, 0.2) is 5.96 Å². The minimum atomic E-state index is -1.84. The summed E-state index contributed by atoms with van der Waals surface area (Å²) >= 11 is 0. The first-order valence-electron chi connectivity index (χ1n) is 26.2. The van der Waals surface area contributed by atoms with Gasteiger partial charge in [0.25, 0.3) is 0 Å². The molecule has 0 unspecified atom stereocenters. The number of hydrogen-bond acceptors (Lipinski definition) is 16. The number of rotatable bonds is 34. The van der Waals surface area contributed by atoms with Crippen molar-refractivity contribution < 1.29 is 78.0 Å². The summed E-state index contributed by atoms with van der Waals surface area (Å²) in [5.74, 6) is -13.7. The van der Waals surface area contributed by atoms with Crippen LogP contribution in [0.2, 0.25) is 0 Å². The van der Waals surface area contributed by atoms with E-state index in [0.29, 0.717) is 38.6 Å². The van der Waals surface area contributed by atoms with E-state index in [1.54, 1.807) is 13.8 Å². The van der Waals surface area contributed by atoms with E-state index in [1.165, 1.54) is 20.8 Å². The van der Waals surface area contributed by atoms with Crippen molar-refractivity contribution in [1.82, 2.24) is 47.0 Å². The van der Waals surface area contributed by atoms with E-state index in [4.69, 9.17) is 22.9 Å². The first kappa shape index (κ1) is 66.9. The van der Waals surface area contributed by atoms with Gasteiger partial charge in [0, 0.05) is 26.1 Å². The molecule has 9 amide bonds. The van der Waals surface area contributed by atoms with E-state index in [1.807, 2.05) is 0 Å². The molecule has 11 atom stereocenters. The predicted octanol–water partition coefficient (Wildman–Crippen LogP) is -4.99. The summed E-state index contributed by atoms with van der Waals surface area (Å²) in [5.41, 5.74) is 22.4. The Hall–Kier alpha value is -7.21. The Morgan fingerprint density at radius 1 is 0.628 bits per heavy atom. The van der Waals surface area contributed by atoms with E-state index in [0.717, 1.165) is 9.80 Å². The van der Waals surface area contributed by atoms with Gasteiger partial charge in [0.05, 0.1) is 25.1 Å². The third kappa shape index (κ3) is 21.7. The molecular formula is C48H82N14O16. The lowest BCUT2D eigenvalue weighted by atomic mass is 9.96. The number of aliphatic hydroxyl groups is 1. The Balaban J connectivity index is 2.24. The smallest absolute Gasteiger partial charge is 0.326 e. The molecule has 0 saturated carbocycles. The third-order valence-electron chi connectivity index (χ3n) is 13.4. The molecule has 0 radical (unpaired) electrons. The van der Waals surface area contributed by atoms with E-state index in [2.05, 4.69) is 42.2 Å². The van der Waals surface area contributed by atoms with Crippen LogP contribution in [0, 0.1) is 11.8 Å². The standard InChI is InChI=1S/C48H82N14O16/c1-6-25(4)37(59-39(69)27(50)12-7-8-18-49)44(74)60-38(26(5)63)45(75)58-36(24(2)3)43(73)57-30(22-35(67)68)40(70)54-23-33(64)61-20-10-14-31(61)42(72)55-28(13-9-19-53-48(51)52)41(71)56-29(16-17-34(65)66)46(76)62-21-11-15-32(62)47(77)78/h24-32,36-38,63H,6-23,49-50H2,1-5H3,(H,54,70)(H,55,72)(H,56,71)(H,57,73)(H,58,75)(H,59,69)(H,60,74)(H,65,66)(H,67,68)(H,77,78)(H4,51,52,53)/t25-,26+,27-,28-,29-,30-,31-,32-,36-,37-,38-/m0/s1. The SMILES string of the molecule is CC[C@H](C)[C@H](NC(=O)[C@@H](N)CCCCN)C(=O)N[C@H](C(=O)N[C@H](C(=O)N[C@@H](CC(=O)O)C(=O)NCC(=O)N1CCC[C@H]1C(=O)N[C@@H](CCCN=C(N)N)C(=O)N[C@@H](CCC(=O)O)C(=O)N1CCC[C@H]1C(=O)O)C(C)C)[C@@H](C)O. The van der Waals surface area contributed by atoms with Crippen molar-refractivity contribution in [2.75, 3.05) is 32.7 Å². The second-order valence-electron chi connectivity index (χ2n) is 19.9. The molecule has 440 valence electrons. The molecule has 2 rings (SSSR count). The topological polar surface area (TPSA) is 493 Å². The van der Waals surface area contributed by atoms with Crippen LogP contribution >= 0.6 is 0 Å². The number of carbonyl (C=O) groups is 12. The number of hydrogen-bond donors (Lipinski definition) is 15. The number of aliphatic imine (C=N–C) groups is 1. The Morgan fingerprint density at radius 2 is 1.21 bits per heavy atom. The van der Waals surface area contributed by atoms with Crippen LogP contribution in [0.15, 0.2) is 4.99 Å². The van der Waals surface area contributed by atoms with Gasteiger partial charge in [-0.1, -0.05) is 40.5 Å². The van der Waals surface area contributed by atoms with Crippen LogP contribution < -0.4 is 60.2 Å². The number of carboxylic acid groups (broad SMARTS) is 3. The normalized spacial score (nSPS) is 18.5. The number of carbonyl (C=O) groups excluding carboxylic acids is 9. The summed E-state index contributed by atoms with van der Waals surface area (Å²) < 4.78 is 0. The Morgan fingerprint density at radius 3 is 1.77 bits per heavy atom. The number of carboxylic acids is 3. The maximum absolute atomic E-state index is 13.9. The van der Waals surface area contributed by atoms with Crippen LogP contribution in [-0.4, -0.2) is 200 Å². The molecule has 0 aliphatic carbocycles. The minimum Gasteiger partial charge on any atom is -0.481 e. The zero-order chi connectivity index (χ0) is 59.0. The largest absolute Gasteiger partial charge is 0.481 e. The number of nitrogens with one attached hydrogen (secondary N) is 7. The molecule has 2 aliphatic heterocycles. The highest BCUT2D eigenvalue weighted by atomic mass is 16.4. The van der Waals surface area contributed by atoms with E-state index < -0.39 is 169 Å². The molecule has 0 aromatic rings. The van der Waals surface area contributed by atoms with Crippen LogP contribution in [0.4, 0.5) is 0 Å². The van der Waals surface area contributed by atoms with Crippen LogP contribution in [0.25, 0.3) is 0 Å². The van der Waals surface area contributed by atoms with Gasteiger partial charge in [-0.15, -0.1) is 0 Å². The maximum atomic E-state index is 13.9. The molecule has 2 heterocycles. The Bertz CT molecular complexity index is 2160. The van der Waals surface area contributed by atoms with Gasteiger partial charge in [-0.3, -0.25) is 57.7 Å². The number of likely N-dealkylation sites (tertiary alicyclic amines) is 2. The van der Waals surface area contributed by atoms with E-state index in [9.17, 15) is 78.0 Å². The first-order chi connectivity index (χ1) is 36.6. The van der Waals surface area contributed by atoms with Crippen molar-refractivity contribution >= 4 is 77.0 Å². The van der Waals surface area contributed by atoms with Crippen molar-refractivity contribution in [1.29, 1.82) is 0 Å². The average Bonchev–Trinajstić information content (AvgIpc) is 4.08. The molecule has 0 spiro atoms. The summed E-state index contributed by atoms with van der Waals surface area (Å²) in [6, 6.07) is -12.5. The van der Waals surface area contributed by atoms with Gasteiger partial charge >= 0.3 is 17.9 Å². The van der Waals surface area contributed by atoms with Crippen molar-refractivity contribution in [2.24, 2.45) is 39.8 Å². The van der Waals surface area contributed by atoms with Gasteiger partial charge in [0.2, 0.25) is 53.2 Å². The second kappa shape index (κ2) is 33.2. The summed E-state index contributed by atoms with van der Waals surface area (Å²) in [4.78, 5) is 164. The van der Waals surface area contributed by atoms with Gasteiger partial charge < -0.3 is 90.4 Å². The second-order valence-corrected chi connectivity index (χ2v) is 19.9. The van der Waals surface area contributed by atoms with Crippen molar-refractivity contribution in [3.63, 3.8) is 0 Å². The summed E-state index contributed by atoms with van der Waals surface area (Å²) in [7, 11) is 0. The average molecular weight is 1110 g/mol. The van der Waals surface area contributed by atoms with Crippen LogP contribution in [0.3, 0.4) is 0 Å². The highest BCUT2D eigenvalue weighted by Crippen LogP contribution is 2.21. The molecule has 19 N–H and O–H groups in total. The fourth-order valence-corrected chi connectivity index (χ4v) is 8.72. The summed E-state index contributed by atoms with van der Waals surface area (Å²) in [6.07, 6.45) is -0.806. The van der Waals surface area contributed by atoms with Crippen molar-refractivity contribution in [2.45, 2.75) is 179 Å². The zero-order valence-corrected chi connectivity index (χ0v) is 45.0. The van der Waals surface area contributed by atoms with E-state index in [-0.39, 0.29) is 57.7 Å². The molecule has 30 heteroatoms. The van der Waals surface area contributed by atoms with Gasteiger partial charge in [-0.25, -0.2) is 4.79 Å². The van der Waals surface area contributed by atoms with Crippen LogP contribution in [0.1, 0.15) is 118 Å². The lowest BCUT2D eigenvalue weighted by Crippen LogP contribution is -2.62. The monoisotopic (exact) mass is 1110 g/mol. The lowest BCUT2D eigenvalue weighted by Gasteiger charge is -2.30. The number of nitrogens with two attached hydrogens (primary N) is 4. The minimum absolute atomic E-state index is 0.0000113. The Labute approximate surface area is 452 Å². The number of amides is 9. The molecular weight excluding hydrogens is 1030 g/mol. The van der Waals surface area contributed by atoms with Gasteiger partial charge in [-0.05, 0) is 83.1 Å². The Kier molecular flexibility index (Phi) is 28.4. The maximum Gasteiger partial charge on any atom is 0.326 e. The van der Waals surface area contributed by atoms with Gasteiger partial charge in [0.1, 0.15) is 48.3 Å². The first-order valence-corrected chi connectivity index (χ1v) is 26.2. The van der Waals surface area contributed by atoms with Crippen molar-refractivity contribution in [3.05, 3.63) is 0 Å². The molecule has 0 bridgehead atoms. The molecule has 0 aromatic heterocycles. The zero-order valence-electron chi connectivity index (χ0n) is 45.0. The summed E-state index contributed by atoms with van der Waals surface area (Å²) in [6.45, 7) is 7.30. The molecule has 78 heavy (non-hydrogen) atoms. The predicted molar refractivity (Wildman–Crippen MR) is 278 cm³/mol. The molecule has 30 nitrogen and oxygen atoms in total. The van der Waals surface area contributed by atoms with Crippen LogP contribution in [0.5, 0.6) is 0 Å². The summed E-state index contributed by atoms with van der Waals surface area (Å²) in [5, 5.41) is 56.5. The van der Waals surface area contributed by atoms with Gasteiger partial charge in [-0.2, -0.15) is 0 Å². The molecule has 2 fully saturated rings. The van der Waals surface area contributed by atoms with Crippen molar-refractivity contribution in [3.8, 4) is 0 Å². The lowest BCUT2D eigenvalue weighted by molar-refractivity contribution is -0.150. The number of aliphatic carboxylic acids is 3. The number of guanidine groups is 1. The van der Waals surface area contributed by atoms with E-state index >= 15 is 0 Å². The third-order valence-corrected chi connectivity index (χ3v) is 13.4. The van der Waals surface area contributed by atoms with Crippen LogP contribution in [-0.2, 0) is 57.5 Å². The number of nitrogens with zero attached hydrogens (tertiary/aromatic N) is 3. The number of aliphatic hydroxyl groups excluding tert-OH is 1. The molecule has 2 aliphatic rings. The highest BCUT2D eigenvalue weighted by molar-refractivity contribution is 5.99. The fourth-order valence-electron chi connectivity index (χ4n) is 8.72. The molecule has 2 saturated heterocycles. The number of unbranched alkanes of at least 4 members (excludes halogenated alkanes) is 1.